The van der Waals surface area contributed by atoms with Crippen LogP contribution in [0.2, 0.25) is 0 Å². The maximum Gasteiger partial charge on any atom is 0.191 e. The lowest BCUT2D eigenvalue weighted by molar-refractivity contribution is 0.506. The molecule has 2 aromatic heterocycles. The van der Waals surface area contributed by atoms with Crippen LogP contribution in [0.25, 0.3) is 11.3 Å². The van der Waals surface area contributed by atoms with E-state index in [0.29, 0.717) is 13.1 Å². The van der Waals surface area contributed by atoms with Gasteiger partial charge in [-0.2, -0.15) is 5.10 Å². The van der Waals surface area contributed by atoms with Crippen LogP contribution >= 0.6 is 24.0 Å². The molecule has 2 heterocycles. The first-order valence-electron chi connectivity index (χ1n) is 10.4. The predicted molar refractivity (Wildman–Crippen MR) is 139 cm³/mol. The maximum absolute atomic E-state index is 5.43. The van der Waals surface area contributed by atoms with Gasteiger partial charge >= 0.3 is 0 Å². The van der Waals surface area contributed by atoms with Crippen LogP contribution in [0.4, 0.5) is 0 Å². The maximum atomic E-state index is 5.43. The van der Waals surface area contributed by atoms with Gasteiger partial charge in [-0.25, -0.2) is 4.99 Å². The number of rotatable bonds is 8. The van der Waals surface area contributed by atoms with Crippen molar-refractivity contribution in [3.8, 4) is 11.3 Å². The summed E-state index contributed by atoms with van der Waals surface area (Å²) in [6, 6.07) is 24.4. The second-order valence-corrected chi connectivity index (χ2v) is 7.30. The van der Waals surface area contributed by atoms with E-state index in [2.05, 4.69) is 40.0 Å². The predicted octanol–water partition coefficient (Wildman–Crippen LogP) is 4.78. The Kier molecular flexibility index (Phi) is 8.91. The zero-order valence-electron chi connectivity index (χ0n) is 18.1. The molecule has 0 atom stereocenters. The monoisotopic (exact) mass is 541 g/mol. The van der Waals surface area contributed by atoms with Crippen molar-refractivity contribution in [2.45, 2.75) is 19.5 Å². The molecule has 0 fully saturated rings. The highest BCUT2D eigenvalue weighted by Crippen LogP contribution is 2.21. The van der Waals surface area contributed by atoms with Gasteiger partial charge in [-0.15, -0.1) is 24.0 Å². The van der Waals surface area contributed by atoms with Crippen LogP contribution in [0.15, 0.2) is 94.7 Å². The molecule has 0 radical (unpaired) electrons. The number of aryl methyl sites for hydroxylation is 1. The molecule has 0 amide bonds. The summed E-state index contributed by atoms with van der Waals surface area (Å²) in [6.45, 7) is 1.96. The normalized spacial score (nSPS) is 11.1. The molecule has 2 aromatic carbocycles. The molecular formula is C25H28IN5O. The topological polar surface area (TPSA) is 67.4 Å². The fourth-order valence-corrected chi connectivity index (χ4v) is 3.37. The highest BCUT2D eigenvalue weighted by Gasteiger charge is 2.11. The summed E-state index contributed by atoms with van der Waals surface area (Å²) in [4.78, 5) is 4.77. The first-order valence-corrected chi connectivity index (χ1v) is 10.4. The van der Waals surface area contributed by atoms with Gasteiger partial charge < -0.3 is 15.1 Å². The van der Waals surface area contributed by atoms with E-state index in [1.165, 1.54) is 5.56 Å². The van der Waals surface area contributed by atoms with E-state index in [-0.39, 0.29) is 24.0 Å². The van der Waals surface area contributed by atoms with Gasteiger partial charge in [0, 0.05) is 43.9 Å². The van der Waals surface area contributed by atoms with E-state index in [4.69, 9.17) is 9.41 Å². The molecule has 0 aliphatic rings. The second-order valence-electron chi connectivity index (χ2n) is 7.30. The van der Waals surface area contributed by atoms with Crippen LogP contribution in [0.5, 0.6) is 0 Å². The first-order chi connectivity index (χ1) is 15.3. The number of halogens is 1. The van der Waals surface area contributed by atoms with Crippen LogP contribution in [0.3, 0.4) is 0 Å². The van der Waals surface area contributed by atoms with Gasteiger partial charge in [-0.05, 0) is 17.7 Å². The number of aromatic nitrogens is 2. The average molecular weight is 541 g/mol. The Morgan fingerprint density at radius 1 is 0.969 bits per heavy atom. The largest absolute Gasteiger partial charge is 0.469 e. The van der Waals surface area contributed by atoms with Crippen molar-refractivity contribution in [2.75, 3.05) is 6.54 Å². The van der Waals surface area contributed by atoms with Gasteiger partial charge in [0.1, 0.15) is 5.76 Å². The van der Waals surface area contributed by atoms with Gasteiger partial charge in [0.15, 0.2) is 5.96 Å². The van der Waals surface area contributed by atoms with Crippen molar-refractivity contribution in [1.82, 2.24) is 20.4 Å². The molecule has 0 spiro atoms. The SMILES string of the molecule is Cn1cc(CNC(=NCc2ccccc2)NCCc2ccco2)c(-c2ccccc2)n1.I. The van der Waals surface area contributed by atoms with E-state index in [0.717, 1.165) is 41.5 Å². The van der Waals surface area contributed by atoms with Crippen molar-refractivity contribution in [3.63, 3.8) is 0 Å². The number of nitrogens with zero attached hydrogens (tertiary/aromatic N) is 3. The molecule has 0 bridgehead atoms. The molecule has 32 heavy (non-hydrogen) atoms. The van der Waals surface area contributed by atoms with E-state index in [9.17, 15) is 0 Å². The fraction of sp³-hybridized carbons (Fsp3) is 0.200. The van der Waals surface area contributed by atoms with Gasteiger partial charge in [0.2, 0.25) is 0 Å². The smallest absolute Gasteiger partial charge is 0.191 e. The molecule has 166 valence electrons. The van der Waals surface area contributed by atoms with Gasteiger partial charge in [-0.3, -0.25) is 4.68 Å². The van der Waals surface area contributed by atoms with Crippen LogP contribution in [-0.4, -0.2) is 22.3 Å². The number of benzene rings is 2. The first kappa shape index (κ1) is 23.6. The van der Waals surface area contributed by atoms with Crippen molar-refractivity contribution >= 4 is 29.9 Å². The molecule has 4 rings (SSSR count). The molecule has 7 heteroatoms. The third-order valence-electron chi connectivity index (χ3n) is 4.90. The van der Waals surface area contributed by atoms with Crippen LogP contribution in [0.1, 0.15) is 16.9 Å². The fourth-order valence-electron chi connectivity index (χ4n) is 3.37. The van der Waals surface area contributed by atoms with Crippen LogP contribution in [0, 0.1) is 0 Å². The molecule has 0 saturated carbocycles. The summed E-state index contributed by atoms with van der Waals surface area (Å²) in [5.74, 6) is 1.71. The third-order valence-corrected chi connectivity index (χ3v) is 4.90. The van der Waals surface area contributed by atoms with Crippen molar-refractivity contribution < 1.29 is 4.42 Å². The Bertz CT molecular complexity index is 1090. The minimum absolute atomic E-state index is 0. The van der Waals surface area contributed by atoms with Crippen molar-refractivity contribution in [1.29, 1.82) is 0 Å². The Labute approximate surface area is 205 Å². The summed E-state index contributed by atoms with van der Waals surface area (Å²) < 4.78 is 7.28. The van der Waals surface area contributed by atoms with E-state index < -0.39 is 0 Å². The summed E-state index contributed by atoms with van der Waals surface area (Å²) in [7, 11) is 1.95. The minimum Gasteiger partial charge on any atom is -0.469 e. The van der Waals surface area contributed by atoms with Gasteiger partial charge in [-0.1, -0.05) is 60.7 Å². The molecule has 6 nitrogen and oxygen atoms in total. The molecule has 0 aliphatic heterocycles. The Hall–Kier alpha value is -3.07. The highest BCUT2D eigenvalue weighted by atomic mass is 127. The van der Waals surface area contributed by atoms with Gasteiger partial charge in [0.05, 0.1) is 18.5 Å². The molecule has 4 aromatic rings. The number of guanidine groups is 1. The third kappa shape index (κ3) is 6.71. The zero-order chi connectivity index (χ0) is 21.3. The highest BCUT2D eigenvalue weighted by molar-refractivity contribution is 14.0. The Morgan fingerprint density at radius 2 is 1.72 bits per heavy atom. The molecule has 2 N–H and O–H groups in total. The molecule has 0 saturated heterocycles. The van der Waals surface area contributed by atoms with Crippen LogP contribution in [-0.2, 0) is 26.6 Å². The number of nitrogens with one attached hydrogen (secondary N) is 2. The lowest BCUT2D eigenvalue weighted by atomic mass is 10.1. The van der Waals surface area contributed by atoms with Crippen molar-refractivity contribution in [2.24, 2.45) is 12.0 Å². The number of hydrogen-bond donors (Lipinski definition) is 2. The summed E-state index contributed by atoms with van der Waals surface area (Å²) in [6.07, 6.45) is 4.54. The van der Waals surface area contributed by atoms with E-state index in [1.807, 2.05) is 66.5 Å². The van der Waals surface area contributed by atoms with E-state index >= 15 is 0 Å². The Morgan fingerprint density at radius 3 is 2.44 bits per heavy atom. The molecule has 0 aliphatic carbocycles. The summed E-state index contributed by atoms with van der Waals surface area (Å²) in [5.41, 5.74) is 4.37. The average Bonchev–Trinajstić information content (AvgIpc) is 3.46. The summed E-state index contributed by atoms with van der Waals surface area (Å²) >= 11 is 0. The summed E-state index contributed by atoms with van der Waals surface area (Å²) in [5, 5.41) is 11.5. The quantitative estimate of drug-likeness (QED) is 0.192. The van der Waals surface area contributed by atoms with Crippen molar-refractivity contribution in [3.05, 3.63) is 102 Å². The Balaban J connectivity index is 0.00000289. The lowest BCUT2D eigenvalue weighted by Crippen LogP contribution is -2.38. The standard InChI is InChI=1S/C25H27N5O.HI/c1-30-19-22(24(29-30)21-11-6-3-7-12-21)18-28-25(26-15-14-23-13-8-16-31-23)27-17-20-9-4-2-5-10-20;/h2-13,16,19H,14-15,17-18H2,1H3,(H2,26,27,28);1H. The zero-order valence-corrected chi connectivity index (χ0v) is 20.4. The second kappa shape index (κ2) is 12.1. The minimum atomic E-state index is 0. The molecule has 0 unspecified atom stereocenters. The lowest BCUT2D eigenvalue weighted by Gasteiger charge is -2.12. The number of hydrogen-bond acceptors (Lipinski definition) is 3. The van der Waals surface area contributed by atoms with E-state index in [1.54, 1.807) is 6.26 Å². The van der Waals surface area contributed by atoms with Gasteiger partial charge in [0.25, 0.3) is 0 Å². The number of furan rings is 1. The number of aliphatic imine (C=N–C) groups is 1. The molecular weight excluding hydrogens is 513 g/mol. The van der Waals surface area contributed by atoms with Crippen LogP contribution < -0.4 is 10.6 Å².